The van der Waals surface area contributed by atoms with Gasteiger partial charge in [-0.15, -0.1) is 11.6 Å². The Morgan fingerprint density at radius 3 is 1.56 bits per heavy atom. The molecule has 0 heterocycles. The summed E-state index contributed by atoms with van der Waals surface area (Å²) in [6, 6.07) is 17.3. The van der Waals surface area contributed by atoms with Gasteiger partial charge in [0.1, 0.15) is 0 Å². The maximum Gasteiger partial charge on any atom is 0.303 e. The highest BCUT2D eigenvalue weighted by Gasteiger charge is 2.34. The number of Topliss-reactive ketones (excluding diaryl/α,β-unsaturated/α-hetero) is 2. The Bertz CT molecular complexity index is 687. The van der Waals surface area contributed by atoms with E-state index in [0.29, 0.717) is 11.1 Å². The number of alkyl halides is 1. The number of aliphatic carboxylic acids is 1. The molecule has 1 N–H and O–H groups in total. The number of halogens is 1. The lowest BCUT2D eigenvalue weighted by Crippen LogP contribution is -2.30. The van der Waals surface area contributed by atoms with Crippen molar-refractivity contribution in [3.63, 3.8) is 0 Å². The molecule has 0 aliphatic rings. The second kappa shape index (κ2) is 8.58. The third-order valence-electron chi connectivity index (χ3n) is 3.93. The molecule has 0 fully saturated rings. The summed E-state index contributed by atoms with van der Waals surface area (Å²) in [4.78, 5) is 34.7. The van der Waals surface area contributed by atoms with E-state index in [4.69, 9.17) is 16.7 Å². The zero-order valence-corrected chi connectivity index (χ0v) is 14.4. The highest BCUT2D eigenvalue weighted by Crippen LogP contribution is 2.33. The number of ketones is 2. The summed E-state index contributed by atoms with van der Waals surface area (Å²) < 4.78 is 0. The number of rotatable bonds is 9. The standard InChI is InChI=1S/C20H19ClO4/c21-20(12-11-19(24)25,13-17(22)15-7-3-1-4-8-15)14-18(23)16-9-5-2-6-10-16/h1-10H,11-14H2,(H,24,25). The molecule has 0 bridgehead atoms. The van der Waals surface area contributed by atoms with Crippen LogP contribution in [-0.4, -0.2) is 27.5 Å². The fourth-order valence-electron chi connectivity index (χ4n) is 2.60. The summed E-state index contributed by atoms with van der Waals surface area (Å²) in [7, 11) is 0. The highest BCUT2D eigenvalue weighted by molar-refractivity contribution is 6.27. The largest absolute Gasteiger partial charge is 0.481 e. The van der Waals surface area contributed by atoms with Gasteiger partial charge in [0, 0.05) is 30.4 Å². The molecule has 0 unspecified atom stereocenters. The SMILES string of the molecule is O=C(O)CCC(Cl)(CC(=O)c1ccccc1)CC(=O)c1ccccc1. The average molecular weight is 359 g/mol. The van der Waals surface area contributed by atoms with E-state index >= 15 is 0 Å². The van der Waals surface area contributed by atoms with Crippen LogP contribution in [0, 0.1) is 0 Å². The first-order valence-electron chi connectivity index (χ1n) is 7.97. The van der Waals surface area contributed by atoms with Crippen molar-refractivity contribution in [2.75, 3.05) is 0 Å². The molecule has 2 aromatic carbocycles. The van der Waals surface area contributed by atoms with Crippen molar-refractivity contribution in [2.24, 2.45) is 0 Å². The Hall–Kier alpha value is -2.46. The van der Waals surface area contributed by atoms with Gasteiger partial charge in [0.05, 0.1) is 4.87 Å². The number of hydrogen-bond acceptors (Lipinski definition) is 3. The lowest BCUT2D eigenvalue weighted by molar-refractivity contribution is -0.137. The zero-order chi connectivity index (χ0) is 18.3. The molecule has 0 saturated heterocycles. The Balaban J connectivity index is 2.16. The number of benzene rings is 2. The minimum atomic E-state index is -1.22. The van der Waals surface area contributed by atoms with Crippen molar-refractivity contribution in [1.82, 2.24) is 0 Å². The first kappa shape index (κ1) is 18.9. The van der Waals surface area contributed by atoms with Crippen molar-refractivity contribution in [2.45, 2.75) is 30.6 Å². The predicted molar refractivity (Wildman–Crippen MR) is 96.2 cm³/mol. The fourth-order valence-corrected chi connectivity index (χ4v) is 2.94. The molecule has 130 valence electrons. The van der Waals surface area contributed by atoms with Gasteiger partial charge in [-0.1, -0.05) is 60.7 Å². The average Bonchev–Trinajstić information content (AvgIpc) is 2.61. The Morgan fingerprint density at radius 2 is 1.20 bits per heavy atom. The minimum absolute atomic E-state index is 0.0427. The summed E-state index contributed by atoms with van der Waals surface area (Å²) in [5.41, 5.74) is 0.991. The third kappa shape index (κ3) is 5.84. The van der Waals surface area contributed by atoms with Crippen LogP contribution >= 0.6 is 11.6 Å². The molecular formula is C20H19ClO4. The first-order chi connectivity index (χ1) is 11.9. The van der Waals surface area contributed by atoms with Gasteiger partial charge >= 0.3 is 5.97 Å². The molecule has 2 aromatic rings. The van der Waals surface area contributed by atoms with Gasteiger partial charge in [0.15, 0.2) is 11.6 Å². The van der Waals surface area contributed by atoms with Crippen LogP contribution in [0.5, 0.6) is 0 Å². The van der Waals surface area contributed by atoms with Gasteiger partial charge in [-0.05, 0) is 6.42 Å². The monoisotopic (exact) mass is 358 g/mol. The quantitative estimate of drug-likeness (QED) is 0.533. The van der Waals surface area contributed by atoms with E-state index in [2.05, 4.69) is 0 Å². The number of carbonyl (C=O) groups excluding carboxylic acids is 2. The van der Waals surface area contributed by atoms with E-state index in [9.17, 15) is 14.4 Å². The lowest BCUT2D eigenvalue weighted by Gasteiger charge is -2.25. The second-order valence-corrected chi connectivity index (χ2v) is 6.78. The lowest BCUT2D eigenvalue weighted by atomic mass is 9.87. The topological polar surface area (TPSA) is 71.4 Å². The Morgan fingerprint density at radius 1 is 0.800 bits per heavy atom. The molecule has 2 rings (SSSR count). The molecule has 0 spiro atoms. The minimum Gasteiger partial charge on any atom is -0.481 e. The summed E-state index contributed by atoms with van der Waals surface area (Å²) in [5, 5.41) is 8.95. The smallest absolute Gasteiger partial charge is 0.303 e. The molecular weight excluding hydrogens is 340 g/mol. The van der Waals surface area contributed by atoms with Gasteiger partial charge in [0.25, 0.3) is 0 Å². The van der Waals surface area contributed by atoms with Crippen LogP contribution in [-0.2, 0) is 4.79 Å². The summed E-state index contributed by atoms with van der Waals surface area (Å²) in [6.07, 6.45) is -0.344. The van der Waals surface area contributed by atoms with Gasteiger partial charge in [-0.3, -0.25) is 14.4 Å². The van der Waals surface area contributed by atoms with Crippen molar-refractivity contribution < 1.29 is 19.5 Å². The van der Waals surface area contributed by atoms with E-state index < -0.39 is 10.8 Å². The molecule has 5 heteroatoms. The normalized spacial score (nSPS) is 11.1. The maximum atomic E-state index is 12.5. The van der Waals surface area contributed by atoms with Crippen molar-refractivity contribution in [3.8, 4) is 0 Å². The zero-order valence-electron chi connectivity index (χ0n) is 13.7. The molecule has 0 atom stereocenters. The Labute approximate surface area is 151 Å². The van der Waals surface area contributed by atoms with Crippen LogP contribution < -0.4 is 0 Å². The van der Waals surface area contributed by atoms with Crippen LogP contribution in [0.3, 0.4) is 0 Å². The van der Waals surface area contributed by atoms with Crippen LogP contribution in [0.1, 0.15) is 46.4 Å². The number of carboxylic acid groups (broad SMARTS) is 1. The van der Waals surface area contributed by atoms with Crippen LogP contribution in [0.2, 0.25) is 0 Å². The molecule has 0 radical (unpaired) electrons. The van der Waals surface area contributed by atoms with E-state index in [-0.39, 0.29) is 37.2 Å². The van der Waals surface area contributed by atoms with E-state index in [1.807, 2.05) is 0 Å². The van der Waals surface area contributed by atoms with E-state index in [1.54, 1.807) is 60.7 Å². The molecule has 4 nitrogen and oxygen atoms in total. The van der Waals surface area contributed by atoms with Crippen LogP contribution in [0.25, 0.3) is 0 Å². The number of hydrogen-bond donors (Lipinski definition) is 1. The molecule has 25 heavy (non-hydrogen) atoms. The number of carbonyl (C=O) groups is 3. The molecule has 0 saturated carbocycles. The fraction of sp³-hybridized carbons (Fsp3) is 0.250. The van der Waals surface area contributed by atoms with Crippen LogP contribution in [0.4, 0.5) is 0 Å². The maximum absolute atomic E-state index is 12.5. The molecule has 0 amide bonds. The van der Waals surface area contributed by atoms with Crippen molar-refractivity contribution in [3.05, 3.63) is 71.8 Å². The molecule has 0 aliphatic heterocycles. The second-order valence-electron chi connectivity index (χ2n) is 5.98. The van der Waals surface area contributed by atoms with Crippen molar-refractivity contribution in [1.29, 1.82) is 0 Å². The van der Waals surface area contributed by atoms with Crippen LogP contribution in [0.15, 0.2) is 60.7 Å². The molecule has 0 aliphatic carbocycles. The van der Waals surface area contributed by atoms with E-state index in [1.165, 1.54) is 0 Å². The Kier molecular flexibility index (Phi) is 6.48. The van der Waals surface area contributed by atoms with Gasteiger partial charge < -0.3 is 5.11 Å². The summed E-state index contributed by atoms with van der Waals surface area (Å²) in [5.74, 6) is -1.42. The van der Waals surface area contributed by atoms with Gasteiger partial charge in [-0.2, -0.15) is 0 Å². The third-order valence-corrected chi connectivity index (χ3v) is 4.39. The van der Waals surface area contributed by atoms with Gasteiger partial charge in [0.2, 0.25) is 0 Å². The first-order valence-corrected chi connectivity index (χ1v) is 8.35. The highest BCUT2D eigenvalue weighted by atomic mass is 35.5. The summed E-state index contributed by atoms with van der Waals surface area (Å²) >= 11 is 6.57. The van der Waals surface area contributed by atoms with Gasteiger partial charge in [-0.25, -0.2) is 0 Å². The van der Waals surface area contributed by atoms with Crippen molar-refractivity contribution >= 4 is 29.1 Å². The molecule has 0 aromatic heterocycles. The van der Waals surface area contributed by atoms with E-state index in [0.717, 1.165) is 0 Å². The summed E-state index contributed by atoms with van der Waals surface area (Å²) in [6.45, 7) is 0. The predicted octanol–water partition coefficient (Wildman–Crippen LogP) is 4.37. The number of carboxylic acids is 1.